The summed E-state index contributed by atoms with van der Waals surface area (Å²) in [6.45, 7) is 0. The number of aromatic amines is 1. The van der Waals surface area contributed by atoms with Crippen molar-refractivity contribution in [3.8, 4) is 11.4 Å². The molecule has 2 aromatic carbocycles. The van der Waals surface area contributed by atoms with Crippen LogP contribution in [-0.2, 0) is 13.5 Å². The highest BCUT2D eigenvalue weighted by Crippen LogP contribution is 2.25. The molecule has 2 heterocycles. The molecule has 0 saturated heterocycles. The van der Waals surface area contributed by atoms with Gasteiger partial charge in [0.2, 0.25) is 0 Å². The zero-order chi connectivity index (χ0) is 20.9. The fraction of sp³-hybridized carbons (Fsp3) is 0.105. The second-order valence-corrected chi connectivity index (χ2v) is 6.74. The van der Waals surface area contributed by atoms with E-state index < -0.39 is 40.8 Å². The van der Waals surface area contributed by atoms with E-state index in [0.717, 1.165) is 0 Å². The molecule has 0 aliphatic rings. The van der Waals surface area contributed by atoms with Gasteiger partial charge in [0.15, 0.2) is 11.2 Å². The molecule has 0 spiro atoms. The number of rotatable bonds is 3. The molecule has 0 atom stereocenters. The standard InChI is InChI=1S/C19H11ClF4N4O/c1-28-17(8-2-3-11(20)14(24)4-8)27-16-18(28)25-15(26-19(16)29)7-10-12(22)5-9(21)6-13(10)23/h2-6H,7H2,1H3,(H,25,26,29). The Morgan fingerprint density at radius 1 is 1.03 bits per heavy atom. The van der Waals surface area contributed by atoms with Crippen LogP contribution in [-0.4, -0.2) is 19.5 Å². The van der Waals surface area contributed by atoms with Crippen LogP contribution < -0.4 is 5.56 Å². The Bertz CT molecular complexity index is 1310. The summed E-state index contributed by atoms with van der Waals surface area (Å²) in [4.78, 5) is 23.2. The predicted molar refractivity (Wildman–Crippen MR) is 98.7 cm³/mol. The normalized spacial score (nSPS) is 11.4. The molecule has 148 valence electrons. The molecular formula is C19H11ClF4N4O. The Hall–Kier alpha value is -3.20. The number of nitrogens with zero attached hydrogens (tertiary/aromatic N) is 3. The first-order valence-corrected chi connectivity index (χ1v) is 8.67. The molecule has 4 rings (SSSR count). The Labute approximate surface area is 165 Å². The van der Waals surface area contributed by atoms with Crippen LogP contribution in [0.25, 0.3) is 22.6 Å². The number of imidazole rings is 1. The average molecular weight is 423 g/mol. The van der Waals surface area contributed by atoms with Crippen LogP contribution >= 0.6 is 11.6 Å². The highest BCUT2D eigenvalue weighted by atomic mass is 35.5. The molecule has 1 N–H and O–H groups in total. The van der Waals surface area contributed by atoms with Gasteiger partial charge < -0.3 is 9.55 Å². The first kappa shape index (κ1) is 19.1. The summed E-state index contributed by atoms with van der Waals surface area (Å²) in [6.07, 6.45) is -0.404. The molecule has 0 amide bonds. The van der Waals surface area contributed by atoms with Gasteiger partial charge in [0.05, 0.1) is 5.02 Å². The van der Waals surface area contributed by atoms with E-state index >= 15 is 0 Å². The van der Waals surface area contributed by atoms with Gasteiger partial charge in [-0.2, -0.15) is 0 Å². The Kier molecular flexibility index (Phi) is 4.62. The maximum atomic E-state index is 13.9. The number of benzene rings is 2. The molecule has 4 aromatic rings. The first-order valence-electron chi connectivity index (χ1n) is 8.29. The van der Waals surface area contributed by atoms with E-state index in [1.165, 1.54) is 22.8 Å². The van der Waals surface area contributed by atoms with Crippen LogP contribution in [0.15, 0.2) is 35.1 Å². The molecular weight excluding hydrogens is 412 g/mol. The highest BCUT2D eigenvalue weighted by Gasteiger charge is 2.18. The molecule has 5 nitrogen and oxygen atoms in total. The van der Waals surface area contributed by atoms with E-state index in [4.69, 9.17) is 11.6 Å². The van der Waals surface area contributed by atoms with Gasteiger partial charge in [-0.05, 0) is 18.2 Å². The zero-order valence-corrected chi connectivity index (χ0v) is 15.5. The fourth-order valence-electron chi connectivity index (χ4n) is 3.00. The van der Waals surface area contributed by atoms with Crippen molar-refractivity contribution in [2.75, 3.05) is 0 Å². The summed E-state index contributed by atoms with van der Waals surface area (Å²) in [6, 6.07) is 5.15. The minimum atomic E-state index is -1.09. The molecule has 0 aliphatic carbocycles. The van der Waals surface area contributed by atoms with E-state index in [1.54, 1.807) is 7.05 Å². The summed E-state index contributed by atoms with van der Waals surface area (Å²) in [5, 5.41) is -0.0610. The van der Waals surface area contributed by atoms with E-state index in [1.807, 2.05) is 0 Å². The molecule has 0 saturated carbocycles. The van der Waals surface area contributed by atoms with Crippen molar-refractivity contribution in [3.63, 3.8) is 0 Å². The third-order valence-corrected chi connectivity index (χ3v) is 4.71. The van der Waals surface area contributed by atoms with Crippen LogP contribution in [0.2, 0.25) is 5.02 Å². The predicted octanol–water partition coefficient (Wildman–Crippen LogP) is 4.12. The Balaban J connectivity index is 1.83. The molecule has 0 aliphatic heterocycles. The molecule has 0 bridgehead atoms. The van der Waals surface area contributed by atoms with Gasteiger partial charge in [-0.3, -0.25) is 4.79 Å². The van der Waals surface area contributed by atoms with Gasteiger partial charge in [-0.25, -0.2) is 27.5 Å². The Morgan fingerprint density at radius 2 is 1.72 bits per heavy atom. The van der Waals surface area contributed by atoms with Gasteiger partial charge in [0.1, 0.15) is 34.9 Å². The quantitative estimate of drug-likeness (QED) is 0.505. The first-order chi connectivity index (χ1) is 13.7. The number of fused-ring (bicyclic) bond motifs is 1. The third-order valence-electron chi connectivity index (χ3n) is 4.41. The molecule has 0 radical (unpaired) electrons. The molecule has 0 fully saturated rings. The fourth-order valence-corrected chi connectivity index (χ4v) is 3.12. The van der Waals surface area contributed by atoms with Crippen molar-refractivity contribution in [1.82, 2.24) is 19.5 Å². The lowest BCUT2D eigenvalue weighted by atomic mass is 10.1. The summed E-state index contributed by atoms with van der Waals surface area (Å²) >= 11 is 5.69. The summed E-state index contributed by atoms with van der Waals surface area (Å²) in [5.74, 6) is -3.66. The largest absolute Gasteiger partial charge is 0.312 e. The average Bonchev–Trinajstić information content (AvgIpc) is 2.98. The number of nitrogens with one attached hydrogen (secondary N) is 1. The van der Waals surface area contributed by atoms with Gasteiger partial charge in [0, 0.05) is 36.7 Å². The number of aromatic nitrogens is 4. The van der Waals surface area contributed by atoms with Crippen molar-refractivity contribution in [1.29, 1.82) is 0 Å². The number of H-pyrrole nitrogens is 1. The lowest BCUT2D eigenvalue weighted by molar-refractivity contribution is 0.526. The summed E-state index contributed by atoms with van der Waals surface area (Å²) in [7, 11) is 1.56. The SMILES string of the molecule is Cn1c(-c2ccc(Cl)c(F)c2)nc2c(=O)[nH]c(Cc3c(F)cc(F)cc3F)nc21. The van der Waals surface area contributed by atoms with E-state index in [0.29, 0.717) is 17.7 Å². The second-order valence-electron chi connectivity index (χ2n) is 6.33. The van der Waals surface area contributed by atoms with Crippen LogP contribution in [0.1, 0.15) is 11.4 Å². The number of hydrogen-bond donors (Lipinski definition) is 1. The summed E-state index contributed by atoms with van der Waals surface area (Å²) in [5.41, 5.74) is -0.594. The van der Waals surface area contributed by atoms with Gasteiger partial charge in [0.25, 0.3) is 5.56 Å². The van der Waals surface area contributed by atoms with E-state index in [9.17, 15) is 22.4 Å². The van der Waals surface area contributed by atoms with Crippen LogP contribution in [0.3, 0.4) is 0 Å². The van der Waals surface area contributed by atoms with E-state index in [-0.39, 0.29) is 27.8 Å². The van der Waals surface area contributed by atoms with Crippen molar-refractivity contribution >= 4 is 22.8 Å². The van der Waals surface area contributed by atoms with Crippen LogP contribution in [0.5, 0.6) is 0 Å². The molecule has 29 heavy (non-hydrogen) atoms. The lowest BCUT2D eigenvalue weighted by Gasteiger charge is -2.06. The number of hydrogen-bond acceptors (Lipinski definition) is 3. The van der Waals surface area contributed by atoms with Crippen LogP contribution in [0.4, 0.5) is 17.6 Å². The summed E-state index contributed by atoms with van der Waals surface area (Å²) < 4.78 is 56.2. The second kappa shape index (κ2) is 7.00. The third kappa shape index (κ3) is 3.38. The van der Waals surface area contributed by atoms with E-state index in [2.05, 4.69) is 15.0 Å². The van der Waals surface area contributed by atoms with Crippen molar-refractivity contribution in [3.05, 3.63) is 80.4 Å². The van der Waals surface area contributed by atoms with Crippen molar-refractivity contribution in [2.45, 2.75) is 6.42 Å². The maximum Gasteiger partial charge on any atom is 0.279 e. The topological polar surface area (TPSA) is 63.6 Å². The monoisotopic (exact) mass is 422 g/mol. The maximum absolute atomic E-state index is 13.9. The van der Waals surface area contributed by atoms with Crippen molar-refractivity contribution < 1.29 is 17.6 Å². The smallest absolute Gasteiger partial charge is 0.279 e. The molecule has 10 heteroatoms. The minimum Gasteiger partial charge on any atom is -0.312 e. The lowest BCUT2D eigenvalue weighted by Crippen LogP contribution is -2.14. The molecule has 2 aromatic heterocycles. The molecule has 0 unspecified atom stereocenters. The number of aryl methyl sites for hydroxylation is 1. The highest BCUT2D eigenvalue weighted by molar-refractivity contribution is 6.30. The Morgan fingerprint density at radius 3 is 2.38 bits per heavy atom. The number of halogens is 5. The minimum absolute atomic E-state index is 0.0262. The van der Waals surface area contributed by atoms with Crippen LogP contribution in [0, 0.1) is 23.3 Å². The van der Waals surface area contributed by atoms with Gasteiger partial charge in [-0.1, -0.05) is 11.6 Å². The van der Waals surface area contributed by atoms with Gasteiger partial charge >= 0.3 is 0 Å². The zero-order valence-electron chi connectivity index (χ0n) is 14.7. The van der Waals surface area contributed by atoms with Gasteiger partial charge in [-0.15, -0.1) is 0 Å². The van der Waals surface area contributed by atoms with Crippen molar-refractivity contribution in [2.24, 2.45) is 7.05 Å².